The van der Waals surface area contributed by atoms with Crippen molar-refractivity contribution in [1.29, 1.82) is 0 Å². The number of amides is 1. The average molecular weight is 251 g/mol. The molecule has 1 aromatic heterocycles. The van der Waals surface area contributed by atoms with Crippen LogP contribution in [-0.4, -0.2) is 46.7 Å². The number of likely N-dealkylation sites (tertiary alicyclic amines) is 1. The minimum Gasteiger partial charge on any atom is -0.384 e. The van der Waals surface area contributed by atoms with Crippen molar-refractivity contribution >= 4 is 5.91 Å². The maximum Gasteiger partial charge on any atom is 0.225 e. The Bertz CT molecular complexity index is 403. The number of ether oxygens (including phenoxy) is 1. The van der Waals surface area contributed by atoms with E-state index in [-0.39, 0.29) is 5.91 Å². The van der Waals surface area contributed by atoms with Gasteiger partial charge in [0.1, 0.15) is 5.82 Å². The molecule has 5 heteroatoms. The first-order valence-electron chi connectivity index (χ1n) is 6.47. The molecule has 0 N–H and O–H groups in total. The number of aromatic nitrogens is 2. The Morgan fingerprint density at radius 3 is 3.11 bits per heavy atom. The van der Waals surface area contributed by atoms with Crippen LogP contribution < -0.4 is 0 Å². The third kappa shape index (κ3) is 2.90. The van der Waals surface area contributed by atoms with Gasteiger partial charge in [-0.3, -0.25) is 4.79 Å². The highest BCUT2D eigenvalue weighted by Gasteiger charge is 2.29. The summed E-state index contributed by atoms with van der Waals surface area (Å²) in [6, 6.07) is 0.301. The molecule has 18 heavy (non-hydrogen) atoms. The minimum absolute atomic E-state index is 0.202. The zero-order valence-corrected chi connectivity index (χ0v) is 11.1. The summed E-state index contributed by atoms with van der Waals surface area (Å²) in [5, 5.41) is 0. The van der Waals surface area contributed by atoms with E-state index in [1.165, 1.54) is 0 Å². The monoisotopic (exact) mass is 251 g/mol. The predicted molar refractivity (Wildman–Crippen MR) is 68.1 cm³/mol. The summed E-state index contributed by atoms with van der Waals surface area (Å²) in [6.07, 6.45) is 7.25. The smallest absolute Gasteiger partial charge is 0.225 e. The Hall–Kier alpha value is -1.36. The first-order valence-corrected chi connectivity index (χ1v) is 6.47. The number of hydrogen-bond acceptors (Lipinski definition) is 3. The van der Waals surface area contributed by atoms with Crippen LogP contribution in [-0.2, 0) is 23.0 Å². The quantitative estimate of drug-likeness (QED) is 0.784. The highest BCUT2D eigenvalue weighted by Crippen LogP contribution is 2.21. The maximum absolute atomic E-state index is 12.0. The van der Waals surface area contributed by atoms with Gasteiger partial charge in [0.05, 0.1) is 13.0 Å². The maximum atomic E-state index is 12.0. The first-order chi connectivity index (χ1) is 8.72. The molecule has 0 unspecified atom stereocenters. The lowest BCUT2D eigenvalue weighted by Crippen LogP contribution is -2.37. The zero-order chi connectivity index (χ0) is 13.0. The van der Waals surface area contributed by atoms with E-state index < -0.39 is 0 Å². The van der Waals surface area contributed by atoms with Crippen LogP contribution in [0, 0.1) is 0 Å². The molecule has 0 spiro atoms. The number of methoxy groups -OCH3 is 1. The van der Waals surface area contributed by atoms with Gasteiger partial charge in [0.15, 0.2) is 0 Å². The van der Waals surface area contributed by atoms with Crippen LogP contribution in [0.3, 0.4) is 0 Å². The van der Waals surface area contributed by atoms with Crippen LogP contribution in [0.1, 0.15) is 25.1 Å². The summed E-state index contributed by atoms with van der Waals surface area (Å²) in [5.41, 5.74) is 0. The number of aryl methyl sites for hydroxylation is 1. The minimum atomic E-state index is 0.202. The van der Waals surface area contributed by atoms with Gasteiger partial charge in [0.25, 0.3) is 0 Å². The second kappa shape index (κ2) is 6.00. The van der Waals surface area contributed by atoms with Gasteiger partial charge < -0.3 is 14.2 Å². The summed E-state index contributed by atoms with van der Waals surface area (Å²) in [5.74, 6) is 1.25. The number of nitrogens with zero attached hydrogens (tertiary/aromatic N) is 3. The Labute approximate surface area is 108 Å². The van der Waals surface area contributed by atoms with Crippen molar-refractivity contribution in [3.63, 3.8) is 0 Å². The SMILES string of the molecule is COCCC(=O)N1CCC[C@H]1Cc1nccn1C. The van der Waals surface area contributed by atoms with Crippen molar-refractivity contribution in [1.82, 2.24) is 14.5 Å². The molecule has 0 aromatic carbocycles. The fourth-order valence-electron chi connectivity index (χ4n) is 2.51. The van der Waals surface area contributed by atoms with E-state index in [4.69, 9.17) is 4.74 Å². The molecule has 2 rings (SSSR count). The van der Waals surface area contributed by atoms with Crippen molar-refractivity contribution in [3.8, 4) is 0 Å². The fourth-order valence-corrected chi connectivity index (χ4v) is 2.51. The molecule has 1 aromatic rings. The van der Waals surface area contributed by atoms with Crippen LogP contribution in [0.4, 0.5) is 0 Å². The van der Waals surface area contributed by atoms with Crippen LogP contribution >= 0.6 is 0 Å². The van der Waals surface area contributed by atoms with Crippen molar-refractivity contribution < 1.29 is 9.53 Å². The first kappa shape index (κ1) is 13.1. The van der Waals surface area contributed by atoms with Gasteiger partial charge >= 0.3 is 0 Å². The summed E-state index contributed by atoms with van der Waals surface area (Å²) in [6.45, 7) is 1.38. The highest BCUT2D eigenvalue weighted by atomic mass is 16.5. The lowest BCUT2D eigenvalue weighted by molar-refractivity contribution is -0.132. The van der Waals surface area contributed by atoms with Gasteiger partial charge in [0.2, 0.25) is 5.91 Å². The Morgan fingerprint density at radius 1 is 1.61 bits per heavy atom. The third-order valence-corrected chi connectivity index (χ3v) is 3.56. The molecule has 5 nitrogen and oxygen atoms in total. The number of hydrogen-bond donors (Lipinski definition) is 0. The molecule has 1 atom stereocenters. The highest BCUT2D eigenvalue weighted by molar-refractivity contribution is 5.76. The normalized spacial score (nSPS) is 19.4. The van der Waals surface area contributed by atoms with E-state index >= 15 is 0 Å². The van der Waals surface area contributed by atoms with Crippen LogP contribution in [0.2, 0.25) is 0 Å². The van der Waals surface area contributed by atoms with E-state index in [2.05, 4.69) is 4.98 Å². The lowest BCUT2D eigenvalue weighted by Gasteiger charge is -2.24. The molecule has 1 amide bonds. The molecule has 1 fully saturated rings. The number of carbonyl (C=O) groups excluding carboxylic acids is 1. The summed E-state index contributed by atoms with van der Waals surface area (Å²) in [7, 11) is 3.62. The summed E-state index contributed by atoms with van der Waals surface area (Å²) < 4.78 is 6.99. The fraction of sp³-hybridized carbons (Fsp3) is 0.692. The van der Waals surface area contributed by atoms with Gasteiger partial charge in [0, 0.05) is 45.6 Å². The second-order valence-corrected chi connectivity index (χ2v) is 4.78. The third-order valence-electron chi connectivity index (χ3n) is 3.56. The van der Waals surface area contributed by atoms with Gasteiger partial charge in [-0.2, -0.15) is 0 Å². The van der Waals surface area contributed by atoms with E-state index in [1.54, 1.807) is 13.3 Å². The standard InChI is InChI=1S/C13H21N3O2/c1-15-8-6-14-12(15)10-11-4-3-7-16(11)13(17)5-9-18-2/h6,8,11H,3-5,7,9-10H2,1-2H3/t11-/m0/s1. The van der Waals surface area contributed by atoms with Gasteiger partial charge in [-0.1, -0.05) is 0 Å². The Balaban J connectivity index is 1.95. The molecule has 0 bridgehead atoms. The predicted octanol–water partition coefficient (Wildman–Crippen LogP) is 0.990. The Morgan fingerprint density at radius 2 is 2.44 bits per heavy atom. The van der Waals surface area contributed by atoms with Crippen LogP contribution in [0.25, 0.3) is 0 Å². The molecular weight excluding hydrogens is 230 g/mol. The Kier molecular flexibility index (Phi) is 4.36. The second-order valence-electron chi connectivity index (χ2n) is 4.78. The molecule has 0 saturated carbocycles. The van der Waals surface area contributed by atoms with Gasteiger partial charge in [-0.25, -0.2) is 4.98 Å². The average Bonchev–Trinajstić information content (AvgIpc) is 2.97. The summed E-state index contributed by atoms with van der Waals surface area (Å²) >= 11 is 0. The van der Waals surface area contributed by atoms with Crippen LogP contribution in [0.15, 0.2) is 12.4 Å². The molecule has 0 aliphatic carbocycles. The largest absolute Gasteiger partial charge is 0.384 e. The summed E-state index contributed by atoms with van der Waals surface area (Å²) in [4.78, 5) is 18.4. The molecule has 0 radical (unpaired) electrons. The molecule has 1 saturated heterocycles. The van der Waals surface area contributed by atoms with Gasteiger partial charge in [-0.15, -0.1) is 0 Å². The molecule has 100 valence electrons. The van der Waals surface area contributed by atoms with Crippen LogP contribution in [0.5, 0.6) is 0 Å². The van der Waals surface area contributed by atoms with Crippen molar-refractivity contribution in [2.45, 2.75) is 31.7 Å². The zero-order valence-electron chi connectivity index (χ0n) is 11.1. The van der Waals surface area contributed by atoms with E-state index in [9.17, 15) is 4.79 Å². The molecule has 1 aliphatic rings. The van der Waals surface area contributed by atoms with E-state index in [0.29, 0.717) is 19.1 Å². The molecule has 1 aliphatic heterocycles. The number of carbonyl (C=O) groups is 1. The van der Waals surface area contributed by atoms with Crippen molar-refractivity contribution in [3.05, 3.63) is 18.2 Å². The van der Waals surface area contributed by atoms with E-state index in [1.807, 2.05) is 22.7 Å². The molecule has 2 heterocycles. The van der Waals surface area contributed by atoms with E-state index in [0.717, 1.165) is 31.6 Å². The van der Waals surface area contributed by atoms with Crippen molar-refractivity contribution in [2.75, 3.05) is 20.3 Å². The lowest BCUT2D eigenvalue weighted by atomic mass is 10.1. The van der Waals surface area contributed by atoms with Gasteiger partial charge in [-0.05, 0) is 12.8 Å². The number of rotatable bonds is 5. The number of imidazole rings is 1. The molecular formula is C13H21N3O2. The topological polar surface area (TPSA) is 47.4 Å². The van der Waals surface area contributed by atoms with Crippen molar-refractivity contribution in [2.24, 2.45) is 7.05 Å².